The molecular formula is C23H18FI3N5V. The van der Waals surface area contributed by atoms with Crippen molar-refractivity contribution in [3.8, 4) is 0 Å². The van der Waals surface area contributed by atoms with Gasteiger partial charge in [-0.2, -0.15) is 5.10 Å². The van der Waals surface area contributed by atoms with Gasteiger partial charge in [-0.05, 0) is 55.0 Å². The van der Waals surface area contributed by atoms with Gasteiger partial charge in [0.05, 0.1) is 23.8 Å². The first kappa shape index (κ1) is 25.1. The Morgan fingerprint density at radius 1 is 1.00 bits per heavy atom. The Balaban J connectivity index is 0.000000601. The molecule has 0 fully saturated rings. The third-order valence-electron chi connectivity index (χ3n) is 4.92. The van der Waals surface area contributed by atoms with E-state index in [1.165, 1.54) is 12.1 Å². The first-order chi connectivity index (χ1) is 15.9. The Labute approximate surface area is 228 Å². The fraction of sp³-hybridized carbons (Fsp3) is 0.0870. The van der Waals surface area contributed by atoms with E-state index in [-0.39, 0.29) is 10.7 Å². The van der Waals surface area contributed by atoms with Crippen LogP contribution < -0.4 is 5.32 Å². The third kappa shape index (κ3) is 6.77. The Morgan fingerprint density at radius 3 is 2.61 bits per heavy atom. The molecule has 0 spiro atoms. The van der Waals surface area contributed by atoms with Crippen LogP contribution in [0.1, 0.15) is 11.1 Å². The molecule has 33 heavy (non-hydrogen) atoms. The summed E-state index contributed by atoms with van der Waals surface area (Å²) in [6, 6.07) is 18.7. The predicted octanol–water partition coefficient (Wildman–Crippen LogP) is 7.87. The standard InChI is InChI=1S/C23H18FN5.3HI.V/c1-15-5-7-21-20(9-15)23(26-14-25-21)28-19-6-8-22-17(11-19)12-27-29(22)13-16-3-2-4-18(24)10-16;;;;/h2-12,14H,13H2,1H3,(H,25,26,28);3*1H;/q;;;;+3/p-3. The van der Waals surface area contributed by atoms with E-state index in [4.69, 9.17) is 0 Å². The molecule has 0 aliphatic carbocycles. The number of benzene rings is 3. The van der Waals surface area contributed by atoms with E-state index in [1.54, 1.807) is 12.4 Å². The van der Waals surface area contributed by atoms with Gasteiger partial charge in [-0.1, -0.05) is 23.8 Å². The summed E-state index contributed by atoms with van der Waals surface area (Å²) >= 11 is 7.39. The van der Waals surface area contributed by atoms with Crippen LogP contribution in [0.15, 0.2) is 73.2 Å². The molecule has 0 aliphatic heterocycles. The van der Waals surface area contributed by atoms with Crippen LogP contribution in [-0.2, 0) is 11.5 Å². The number of hydrogen-bond donors (Lipinski definition) is 1. The van der Waals surface area contributed by atoms with Gasteiger partial charge in [-0.15, -0.1) is 0 Å². The van der Waals surface area contributed by atoms with Crippen molar-refractivity contribution >= 4 is 93.2 Å². The van der Waals surface area contributed by atoms with E-state index in [2.05, 4.69) is 93.3 Å². The molecule has 2 heterocycles. The molecule has 5 aromatic rings. The van der Waals surface area contributed by atoms with Crippen LogP contribution in [0.4, 0.5) is 15.9 Å². The maximum atomic E-state index is 13.5. The van der Waals surface area contributed by atoms with Gasteiger partial charge in [0.15, 0.2) is 0 Å². The molecule has 0 aliphatic rings. The molecule has 1 N–H and O–H groups in total. The molecule has 0 saturated heterocycles. The zero-order valence-corrected chi connectivity index (χ0v) is 25.3. The van der Waals surface area contributed by atoms with Gasteiger partial charge in [-0.3, -0.25) is 4.68 Å². The summed E-state index contributed by atoms with van der Waals surface area (Å²) in [6.07, 6.45) is 3.39. The normalized spacial score (nSPS) is 11.0. The number of nitrogens with zero attached hydrogens (tertiary/aromatic N) is 4. The zero-order chi connectivity index (χ0) is 23.4. The third-order valence-corrected chi connectivity index (χ3v) is 4.92. The number of hydrogen-bond acceptors (Lipinski definition) is 4. The van der Waals surface area contributed by atoms with Crippen molar-refractivity contribution in [3.05, 3.63) is 90.1 Å². The average Bonchev–Trinajstić information content (AvgIpc) is 3.16. The van der Waals surface area contributed by atoms with Gasteiger partial charge in [0.2, 0.25) is 0 Å². The number of aromatic nitrogens is 4. The van der Waals surface area contributed by atoms with Crippen molar-refractivity contribution in [2.24, 2.45) is 0 Å². The second-order valence-corrected chi connectivity index (χ2v) is 42.6. The minimum atomic E-state index is -0.278. The molecule has 0 saturated carbocycles. The van der Waals surface area contributed by atoms with Crippen LogP contribution in [0.2, 0.25) is 0 Å². The Bertz CT molecular complexity index is 1410. The van der Waals surface area contributed by atoms with E-state index < -0.39 is 0 Å². The van der Waals surface area contributed by atoms with E-state index in [9.17, 15) is 4.39 Å². The van der Waals surface area contributed by atoms with Gasteiger partial charge in [0.1, 0.15) is 18.0 Å². The molecule has 5 nitrogen and oxygen atoms in total. The van der Waals surface area contributed by atoms with Crippen molar-refractivity contribution in [2.45, 2.75) is 13.5 Å². The summed E-state index contributed by atoms with van der Waals surface area (Å²) in [5.74, 6) is 0.531. The number of halogens is 4. The number of anilines is 2. The summed E-state index contributed by atoms with van der Waals surface area (Å²) in [5, 5.41) is 9.85. The molecular weight excluding hydrogens is 797 g/mol. The molecule has 0 unspecified atom stereocenters. The Hall–Kier alpha value is -1.03. The summed E-state index contributed by atoms with van der Waals surface area (Å²) in [4.78, 5) is 8.47. The summed E-state index contributed by atoms with van der Waals surface area (Å²) in [7, 11) is 0. The first-order valence-corrected chi connectivity index (χ1v) is 23.4. The summed E-state index contributed by atoms with van der Waals surface area (Å²) in [6.45, 7) is 2.57. The molecule has 2 aromatic heterocycles. The second kappa shape index (κ2) is 11.6. The van der Waals surface area contributed by atoms with Crippen LogP contribution >= 0.6 is 59.9 Å². The van der Waals surface area contributed by atoms with Crippen molar-refractivity contribution in [2.75, 3.05) is 5.32 Å². The second-order valence-electron chi connectivity index (χ2n) is 7.27. The van der Waals surface area contributed by atoms with Crippen molar-refractivity contribution in [1.29, 1.82) is 0 Å². The van der Waals surface area contributed by atoms with E-state index in [1.807, 2.05) is 47.3 Å². The number of rotatable bonds is 4. The van der Waals surface area contributed by atoms with E-state index >= 15 is 0 Å². The van der Waals surface area contributed by atoms with E-state index in [0.29, 0.717) is 6.54 Å². The topological polar surface area (TPSA) is 55.6 Å². The Morgan fingerprint density at radius 2 is 1.82 bits per heavy atom. The van der Waals surface area contributed by atoms with Gasteiger partial charge >= 0.3 is 64.9 Å². The molecule has 10 heteroatoms. The minimum absolute atomic E-state index is 0.238. The van der Waals surface area contributed by atoms with Crippen molar-refractivity contribution < 1.29 is 9.31 Å². The number of nitrogens with one attached hydrogen (secondary N) is 1. The van der Waals surface area contributed by atoms with Crippen molar-refractivity contribution in [3.63, 3.8) is 0 Å². The molecule has 0 bridgehead atoms. The maximum absolute atomic E-state index is 13.5. The van der Waals surface area contributed by atoms with Gasteiger partial charge < -0.3 is 5.32 Å². The van der Waals surface area contributed by atoms with E-state index in [0.717, 1.165) is 44.4 Å². The van der Waals surface area contributed by atoms with Crippen LogP contribution in [0.25, 0.3) is 21.8 Å². The fourth-order valence-corrected chi connectivity index (χ4v) is 3.51. The fourth-order valence-electron chi connectivity index (χ4n) is 3.51. The molecule has 168 valence electrons. The van der Waals surface area contributed by atoms with Gasteiger partial charge in [0.25, 0.3) is 0 Å². The van der Waals surface area contributed by atoms with Crippen LogP contribution in [0.5, 0.6) is 0 Å². The molecule has 5 rings (SSSR count). The quantitative estimate of drug-likeness (QED) is 0.188. The van der Waals surface area contributed by atoms with Crippen LogP contribution in [0, 0.1) is 12.7 Å². The summed E-state index contributed by atoms with van der Waals surface area (Å²) < 4.78 is 15.3. The molecule has 0 radical (unpaired) electrons. The molecule has 0 atom stereocenters. The first-order valence-electron chi connectivity index (χ1n) is 9.85. The zero-order valence-electron chi connectivity index (χ0n) is 17.4. The summed E-state index contributed by atoms with van der Waals surface area (Å²) in [5.41, 5.74) is 4.84. The molecule has 3 aromatic carbocycles. The van der Waals surface area contributed by atoms with Gasteiger partial charge in [-0.25, -0.2) is 14.4 Å². The number of aryl methyl sites for hydroxylation is 1. The van der Waals surface area contributed by atoms with Crippen LogP contribution in [-0.4, -0.2) is 19.7 Å². The number of fused-ring (bicyclic) bond motifs is 2. The van der Waals surface area contributed by atoms with Crippen LogP contribution in [0.3, 0.4) is 0 Å². The van der Waals surface area contributed by atoms with Crippen molar-refractivity contribution in [1.82, 2.24) is 19.7 Å². The SMILES string of the molecule is Cc1ccc2ncnc(Nc3ccc4c(cnn4Cc4cccc(F)c4)c3)c2c1.[I][V]([I])[I]. The monoisotopic (exact) mass is 815 g/mol. The average molecular weight is 815 g/mol. The molecule has 0 amide bonds. The Kier molecular flexibility index (Phi) is 8.82. The van der Waals surface area contributed by atoms with Gasteiger partial charge in [0, 0.05) is 16.5 Å². The predicted molar refractivity (Wildman–Crippen MR) is 155 cm³/mol.